The van der Waals surface area contributed by atoms with Gasteiger partial charge in [-0.1, -0.05) is 0 Å². The molecule has 2 heterocycles. The minimum absolute atomic E-state index is 0.598. The molecule has 0 saturated heterocycles. The zero-order valence-corrected chi connectivity index (χ0v) is 7.38. The Balaban J connectivity index is 2.40. The normalized spacial score (nSPS) is 16.1. The van der Waals surface area contributed by atoms with Gasteiger partial charge in [0.1, 0.15) is 5.82 Å². The van der Waals surface area contributed by atoms with E-state index >= 15 is 0 Å². The molecule has 1 aromatic heterocycles. The maximum absolute atomic E-state index is 5.70. The van der Waals surface area contributed by atoms with Crippen LogP contribution in [-0.4, -0.2) is 34.2 Å². The van der Waals surface area contributed by atoms with E-state index in [1.807, 2.05) is 18.0 Å². The molecule has 1 aliphatic heterocycles. The standard InChI is InChI=1S/C8H11N5/c1-12-6-2-4-10-8(12)13-7(9)3-5-11-13/h2-5H,6,9H2,1H3. The highest BCUT2D eigenvalue weighted by Crippen LogP contribution is 2.05. The lowest BCUT2D eigenvalue weighted by molar-refractivity contribution is 0.526. The van der Waals surface area contributed by atoms with Gasteiger partial charge in [0.25, 0.3) is 0 Å². The number of nitrogens with zero attached hydrogens (tertiary/aromatic N) is 4. The number of rotatable bonds is 0. The minimum Gasteiger partial charge on any atom is -0.383 e. The summed E-state index contributed by atoms with van der Waals surface area (Å²) in [5.41, 5.74) is 5.70. The summed E-state index contributed by atoms with van der Waals surface area (Å²) in [5.74, 6) is 1.35. The first kappa shape index (κ1) is 7.85. The van der Waals surface area contributed by atoms with Crippen molar-refractivity contribution < 1.29 is 0 Å². The van der Waals surface area contributed by atoms with E-state index in [4.69, 9.17) is 5.73 Å². The zero-order chi connectivity index (χ0) is 9.26. The molecule has 0 fully saturated rings. The Morgan fingerprint density at radius 1 is 1.54 bits per heavy atom. The third-order valence-corrected chi connectivity index (χ3v) is 1.88. The maximum atomic E-state index is 5.70. The van der Waals surface area contributed by atoms with Gasteiger partial charge >= 0.3 is 0 Å². The van der Waals surface area contributed by atoms with Gasteiger partial charge in [-0.2, -0.15) is 9.78 Å². The first-order valence-corrected chi connectivity index (χ1v) is 4.03. The van der Waals surface area contributed by atoms with E-state index in [0.29, 0.717) is 5.82 Å². The molecule has 5 heteroatoms. The number of nitrogen functional groups attached to an aromatic ring is 1. The summed E-state index contributed by atoms with van der Waals surface area (Å²) in [6.07, 6.45) is 5.39. The van der Waals surface area contributed by atoms with Crippen molar-refractivity contribution >= 4 is 11.8 Å². The SMILES string of the molecule is CN1CC=CN=C1n1nccc1N. The van der Waals surface area contributed by atoms with E-state index in [1.165, 1.54) is 0 Å². The van der Waals surface area contributed by atoms with E-state index in [9.17, 15) is 0 Å². The van der Waals surface area contributed by atoms with E-state index in [0.717, 1.165) is 12.5 Å². The number of aromatic nitrogens is 2. The van der Waals surface area contributed by atoms with Crippen LogP contribution < -0.4 is 5.73 Å². The molecule has 0 amide bonds. The van der Waals surface area contributed by atoms with Gasteiger partial charge in [0.05, 0.1) is 6.20 Å². The number of aliphatic imine (C=N–C) groups is 1. The van der Waals surface area contributed by atoms with Gasteiger partial charge in [-0.05, 0) is 6.08 Å². The van der Waals surface area contributed by atoms with Gasteiger partial charge in [-0.15, -0.1) is 0 Å². The Labute approximate surface area is 76.2 Å². The number of hydrogen-bond donors (Lipinski definition) is 1. The molecule has 1 aliphatic rings. The van der Waals surface area contributed by atoms with Crippen LogP contribution in [0.25, 0.3) is 0 Å². The highest BCUT2D eigenvalue weighted by atomic mass is 15.4. The monoisotopic (exact) mass is 177 g/mol. The quantitative estimate of drug-likeness (QED) is 0.612. The largest absolute Gasteiger partial charge is 0.383 e. The average molecular weight is 177 g/mol. The lowest BCUT2D eigenvalue weighted by Crippen LogP contribution is -2.35. The van der Waals surface area contributed by atoms with Crippen LogP contribution in [0.2, 0.25) is 0 Å². The molecule has 0 bridgehead atoms. The van der Waals surface area contributed by atoms with Crippen molar-refractivity contribution in [1.29, 1.82) is 0 Å². The molecule has 0 aromatic carbocycles. The molecular formula is C8H11N5. The summed E-state index contributed by atoms with van der Waals surface area (Å²) in [7, 11) is 1.95. The summed E-state index contributed by atoms with van der Waals surface area (Å²) in [5, 5.41) is 4.08. The fraction of sp³-hybridized carbons (Fsp3) is 0.250. The number of likely N-dealkylation sites (N-methyl/N-ethyl adjacent to an activating group) is 1. The summed E-state index contributed by atoms with van der Waals surface area (Å²) in [6, 6.07) is 1.74. The van der Waals surface area contributed by atoms with E-state index in [2.05, 4.69) is 10.1 Å². The van der Waals surface area contributed by atoms with Crippen molar-refractivity contribution in [3.8, 4) is 0 Å². The van der Waals surface area contributed by atoms with Gasteiger partial charge in [-0.3, -0.25) is 0 Å². The van der Waals surface area contributed by atoms with Crippen LogP contribution in [0.3, 0.4) is 0 Å². The maximum Gasteiger partial charge on any atom is 0.228 e. The van der Waals surface area contributed by atoms with Crippen molar-refractivity contribution in [2.45, 2.75) is 0 Å². The van der Waals surface area contributed by atoms with Crippen LogP contribution in [0.15, 0.2) is 29.5 Å². The first-order valence-electron chi connectivity index (χ1n) is 4.03. The van der Waals surface area contributed by atoms with Crippen LogP contribution in [-0.2, 0) is 0 Å². The third-order valence-electron chi connectivity index (χ3n) is 1.88. The molecule has 68 valence electrons. The molecule has 0 saturated carbocycles. The molecule has 0 unspecified atom stereocenters. The van der Waals surface area contributed by atoms with Crippen molar-refractivity contribution in [3.63, 3.8) is 0 Å². The number of anilines is 1. The second-order valence-electron chi connectivity index (χ2n) is 2.86. The van der Waals surface area contributed by atoms with Crippen molar-refractivity contribution in [2.75, 3.05) is 19.3 Å². The topological polar surface area (TPSA) is 59.4 Å². The smallest absolute Gasteiger partial charge is 0.228 e. The van der Waals surface area contributed by atoms with E-state index in [-0.39, 0.29) is 0 Å². The zero-order valence-electron chi connectivity index (χ0n) is 7.38. The molecule has 5 nitrogen and oxygen atoms in total. The second kappa shape index (κ2) is 2.93. The van der Waals surface area contributed by atoms with Crippen LogP contribution in [0, 0.1) is 0 Å². The summed E-state index contributed by atoms with van der Waals surface area (Å²) >= 11 is 0. The number of nitrogens with two attached hydrogens (primary N) is 1. The highest BCUT2D eigenvalue weighted by molar-refractivity contribution is 5.85. The fourth-order valence-corrected chi connectivity index (χ4v) is 1.20. The van der Waals surface area contributed by atoms with Crippen molar-refractivity contribution in [2.24, 2.45) is 4.99 Å². The molecule has 2 N–H and O–H groups in total. The summed E-state index contributed by atoms with van der Waals surface area (Å²) in [6.45, 7) is 0.831. The fourth-order valence-electron chi connectivity index (χ4n) is 1.20. The molecule has 0 radical (unpaired) electrons. The van der Waals surface area contributed by atoms with Crippen LogP contribution in [0.4, 0.5) is 5.82 Å². The molecule has 0 atom stereocenters. The lowest BCUT2D eigenvalue weighted by Gasteiger charge is -2.21. The minimum atomic E-state index is 0.598. The lowest BCUT2D eigenvalue weighted by atomic mass is 10.5. The molecule has 0 aliphatic carbocycles. The predicted molar refractivity (Wildman–Crippen MR) is 51.2 cm³/mol. The first-order chi connectivity index (χ1) is 6.29. The molecule has 0 spiro atoms. The average Bonchev–Trinajstić information content (AvgIpc) is 2.52. The Hall–Kier alpha value is -1.78. The molecule has 13 heavy (non-hydrogen) atoms. The van der Waals surface area contributed by atoms with Crippen molar-refractivity contribution in [1.82, 2.24) is 14.7 Å². The Bertz CT molecular complexity index is 362. The Kier molecular flexibility index (Phi) is 1.77. The summed E-state index contributed by atoms with van der Waals surface area (Å²) in [4.78, 5) is 6.17. The van der Waals surface area contributed by atoms with Gasteiger partial charge in [-0.25, -0.2) is 4.99 Å². The van der Waals surface area contributed by atoms with E-state index in [1.54, 1.807) is 23.1 Å². The Morgan fingerprint density at radius 3 is 3.00 bits per heavy atom. The van der Waals surface area contributed by atoms with E-state index < -0.39 is 0 Å². The molecular weight excluding hydrogens is 166 g/mol. The van der Waals surface area contributed by atoms with Gasteiger partial charge in [0.2, 0.25) is 5.96 Å². The Morgan fingerprint density at radius 2 is 2.38 bits per heavy atom. The van der Waals surface area contributed by atoms with Gasteiger partial charge in [0.15, 0.2) is 0 Å². The summed E-state index contributed by atoms with van der Waals surface area (Å²) < 4.78 is 1.61. The number of hydrogen-bond acceptors (Lipinski definition) is 4. The highest BCUT2D eigenvalue weighted by Gasteiger charge is 2.12. The third kappa shape index (κ3) is 1.28. The van der Waals surface area contributed by atoms with Crippen LogP contribution in [0.5, 0.6) is 0 Å². The van der Waals surface area contributed by atoms with Gasteiger partial charge < -0.3 is 10.6 Å². The van der Waals surface area contributed by atoms with Crippen molar-refractivity contribution in [3.05, 3.63) is 24.5 Å². The predicted octanol–water partition coefficient (Wildman–Crippen LogP) is 0.128. The molecule has 2 rings (SSSR count). The molecule has 1 aromatic rings. The van der Waals surface area contributed by atoms with Crippen LogP contribution >= 0.6 is 0 Å². The van der Waals surface area contributed by atoms with Gasteiger partial charge in [0, 0.05) is 25.9 Å². The van der Waals surface area contributed by atoms with Crippen LogP contribution in [0.1, 0.15) is 0 Å². The second-order valence-corrected chi connectivity index (χ2v) is 2.86.